The molecule has 0 aliphatic carbocycles. The van der Waals surface area contributed by atoms with Crippen molar-refractivity contribution < 1.29 is 4.92 Å². The predicted molar refractivity (Wildman–Crippen MR) is 63.7 cm³/mol. The summed E-state index contributed by atoms with van der Waals surface area (Å²) < 4.78 is 1.81. The van der Waals surface area contributed by atoms with Gasteiger partial charge in [-0.3, -0.25) is 10.1 Å². The number of hydrogen-bond acceptors (Lipinski definition) is 5. The number of nitro groups is 1. The van der Waals surface area contributed by atoms with Gasteiger partial charge >= 0.3 is 0 Å². The summed E-state index contributed by atoms with van der Waals surface area (Å²) in [7, 11) is 1.86. The van der Waals surface area contributed by atoms with E-state index in [-0.39, 0.29) is 5.69 Å². The minimum Gasteiger partial charge on any atom is -0.312 e. The van der Waals surface area contributed by atoms with Crippen LogP contribution in [-0.2, 0) is 12.8 Å². The number of hydrogen-bond donors (Lipinski definition) is 0. The van der Waals surface area contributed by atoms with Gasteiger partial charge in [0, 0.05) is 24.9 Å². The van der Waals surface area contributed by atoms with Crippen molar-refractivity contribution >= 4 is 17.4 Å². The monoisotopic (exact) mass is 250 g/mol. The van der Waals surface area contributed by atoms with Gasteiger partial charge in [-0.2, -0.15) is 0 Å². The molecule has 7 heteroatoms. The number of aromatic nitrogens is 3. The molecule has 0 saturated heterocycles. The van der Waals surface area contributed by atoms with Gasteiger partial charge in [0.25, 0.3) is 5.69 Å². The second-order valence-corrected chi connectivity index (χ2v) is 4.38. The standard InChI is InChI=1S/C10H10N4O2S/c1-13-7-11-12-10(13)17-6-8-3-2-4-9(5-8)14(15)16/h2-5,7H,6H2,1H3. The van der Waals surface area contributed by atoms with Gasteiger partial charge in [-0.25, -0.2) is 0 Å². The Bertz CT molecular complexity index is 541. The van der Waals surface area contributed by atoms with Crippen LogP contribution in [-0.4, -0.2) is 19.7 Å². The van der Waals surface area contributed by atoms with Crippen LogP contribution >= 0.6 is 11.8 Å². The Morgan fingerprint density at radius 2 is 2.35 bits per heavy atom. The second-order valence-electron chi connectivity index (χ2n) is 3.44. The Morgan fingerprint density at radius 1 is 1.53 bits per heavy atom. The molecule has 0 spiro atoms. The third-order valence-corrected chi connectivity index (χ3v) is 3.26. The van der Waals surface area contributed by atoms with Crippen LogP contribution in [0.5, 0.6) is 0 Å². The molecule has 0 atom stereocenters. The lowest BCUT2D eigenvalue weighted by molar-refractivity contribution is -0.384. The fraction of sp³-hybridized carbons (Fsp3) is 0.200. The normalized spacial score (nSPS) is 10.4. The fourth-order valence-electron chi connectivity index (χ4n) is 1.31. The Labute approximate surface area is 102 Å². The van der Waals surface area contributed by atoms with Crippen molar-refractivity contribution in [3.8, 4) is 0 Å². The average Bonchev–Trinajstić information content (AvgIpc) is 2.72. The van der Waals surface area contributed by atoms with Gasteiger partial charge in [-0.05, 0) is 5.56 Å². The lowest BCUT2D eigenvalue weighted by Gasteiger charge is -2.00. The van der Waals surface area contributed by atoms with Crippen LogP contribution in [0.3, 0.4) is 0 Å². The third-order valence-electron chi connectivity index (χ3n) is 2.16. The van der Waals surface area contributed by atoms with Gasteiger partial charge < -0.3 is 4.57 Å². The molecule has 0 aliphatic heterocycles. The number of non-ortho nitro benzene ring substituents is 1. The van der Waals surface area contributed by atoms with E-state index in [2.05, 4.69) is 10.2 Å². The van der Waals surface area contributed by atoms with Gasteiger partial charge in [-0.15, -0.1) is 10.2 Å². The van der Waals surface area contributed by atoms with Crippen molar-refractivity contribution in [3.05, 3.63) is 46.3 Å². The second kappa shape index (κ2) is 4.96. The minimum atomic E-state index is -0.392. The molecule has 0 unspecified atom stereocenters. The van der Waals surface area contributed by atoms with E-state index in [4.69, 9.17) is 0 Å². The summed E-state index contributed by atoms with van der Waals surface area (Å²) in [6.45, 7) is 0. The minimum absolute atomic E-state index is 0.112. The summed E-state index contributed by atoms with van der Waals surface area (Å²) in [5.41, 5.74) is 1.01. The molecule has 1 aromatic heterocycles. The Balaban J connectivity index is 2.07. The number of rotatable bonds is 4. The summed E-state index contributed by atoms with van der Waals surface area (Å²) >= 11 is 1.49. The molecule has 1 heterocycles. The summed E-state index contributed by atoms with van der Waals surface area (Å²) in [6.07, 6.45) is 1.62. The molecule has 0 fully saturated rings. The molecule has 1 aromatic carbocycles. The summed E-state index contributed by atoms with van der Waals surface area (Å²) in [5, 5.41) is 19.1. The van der Waals surface area contributed by atoms with Gasteiger partial charge in [0.05, 0.1) is 4.92 Å². The highest BCUT2D eigenvalue weighted by Crippen LogP contribution is 2.22. The van der Waals surface area contributed by atoms with Gasteiger partial charge in [-0.1, -0.05) is 23.9 Å². The van der Waals surface area contributed by atoms with Crippen molar-refractivity contribution in [2.24, 2.45) is 7.05 Å². The first kappa shape index (κ1) is 11.6. The van der Waals surface area contributed by atoms with E-state index in [0.717, 1.165) is 10.7 Å². The van der Waals surface area contributed by atoms with Crippen LogP contribution in [0, 0.1) is 10.1 Å². The molecule has 17 heavy (non-hydrogen) atoms. The van der Waals surface area contributed by atoms with E-state index in [9.17, 15) is 10.1 Å². The molecule has 0 N–H and O–H groups in total. The van der Waals surface area contributed by atoms with E-state index >= 15 is 0 Å². The summed E-state index contributed by atoms with van der Waals surface area (Å²) in [4.78, 5) is 10.2. The van der Waals surface area contributed by atoms with Gasteiger partial charge in [0.1, 0.15) is 6.33 Å². The molecular weight excluding hydrogens is 240 g/mol. The van der Waals surface area contributed by atoms with Crippen molar-refractivity contribution in [2.75, 3.05) is 0 Å². The number of benzene rings is 1. The lowest BCUT2D eigenvalue weighted by atomic mass is 10.2. The first-order valence-electron chi connectivity index (χ1n) is 4.87. The highest BCUT2D eigenvalue weighted by atomic mass is 32.2. The molecule has 0 radical (unpaired) electrons. The van der Waals surface area contributed by atoms with E-state index in [1.807, 2.05) is 17.7 Å². The smallest absolute Gasteiger partial charge is 0.269 e. The number of nitro benzene ring substituents is 1. The predicted octanol–water partition coefficient (Wildman–Crippen LogP) is 2.02. The molecule has 0 amide bonds. The summed E-state index contributed by atoms with van der Waals surface area (Å²) in [6, 6.07) is 6.60. The molecule has 0 saturated carbocycles. The maximum absolute atomic E-state index is 10.6. The van der Waals surface area contributed by atoms with Gasteiger partial charge in [0.2, 0.25) is 0 Å². The zero-order chi connectivity index (χ0) is 12.3. The van der Waals surface area contributed by atoms with Crippen LogP contribution in [0.25, 0.3) is 0 Å². The van der Waals surface area contributed by atoms with Crippen LogP contribution in [0.4, 0.5) is 5.69 Å². The molecule has 0 aliphatic rings. The first-order valence-corrected chi connectivity index (χ1v) is 5.85. The lowest BCUT2D eigenvalue weighted by Crippen LogP contribution is -1.91. The zero-order valence-electron chi connectivity index (χ0n) is 9.11. The molecule has 88 valence electrons. The van der Waals surface area contributed by atoms with Crippen molar-refractivity contribution in [2.45, 2.75) is 10.9 Å². The molecule has 2 rings (SSSR count). The molecule has 0 bridgehead atoms. The highest BCUT2D eigenvalue weighted by Gasteiger charge is 2.07. The maximum Gasteiger partial charge on any atom is 0.269 e. The Kier molecular flexibility index (Phi) is 3.38. The highest BCUT2D eigenvalue weighted by molar-refractivity contribution is 7.98. The van der Waals surface area contributed by atoms with Crippen LogP contribution in [0.2, 0.25) is 0 Å². The third kappa shape index (κ3) is 2.82. The number of aryl methyl sites for hydroxylation is 1. The summed E-state index contributed by atoms with van der Waals surface area (Å²) in [5.74, 6) is 0.633. The van der Waals surface area contributed by atoms with Crippen LogP contribution in [0.1, 0.15) is 5.56 Å². The van der Waals surface area contributed by atoms with Crippen LogP contribution in [0.15, 0.2) is 35.7 Å². The van der Waals surface area contributed by atoms with Crippen molar-refractivity contribution in [1.82, 2.24) is 14.8 Å². The topological polar surface area (TPSA) is 73.8 Å². The number of nitrogens with zero attached hydrogens (tertiary/aromatic N) is 4. The average molecular weight is 250 g/mol. The molecule has 2 aromatic rings. The first-order chi connectivity index (χ1) is 8.16. The van der Waals surface area contributed by atoms with E-state index in [1.165, 1.54) is 17.8 Å². The fourth-order valence-corrected chi connectivity index (χ4v) is 2.14. The quantitative estimate of drug-likeness (QED) is 0.471. The maximum atomic E-state index is 10.6. The van der Waals surface area contributed by atoms with Gasteiger partial charge in [0.15, 0.2) is 5.16 Å². The molecular formula is C10H10N4O2S. The zero-order valence-corrected chi connectivity index (χ0v) is 9.92. The largest absolute Gasteiger partial charge is 0.312 e. The Hall–Kier alpha value is -1.89. The van der Waals surface area contributed by atoms with Crippen molar-refractivity contribution in [1.29, 1.82) is 0 Å². The van der Waals surface area contributed by atoms with E-state index in [1.54, 1.807) is 18.5 Å². The van der Waals surface area contributed by atoms with E-state index in [0.29, 0.717) is 5.75 Å². The SMILES string of the molecule is Cn1cnnc1SCc1cccc([N+](=O)[O-])c1. The van der Waals surface area contributed by atoms with Crippen LogP contribution < -0.4 is 0 Å². The Morgan fingerprint density at radius 3 is 3.00 bits per heavy atom. The van der Waals surface area contributed by atoms with Crippen molar-refractivity contribution in [3.63, 3.8) is 0 Å². The van der Waals surface area contributed by atoms with E-state index < -0.39 is 4.92 Å². The number of thioether (sulfide) groups is 1. The molecule has 6 nitrogen and oxygen atoms in total.